The molecule has 2 rings (SSSR count). The molecule has 0 aromatic carbocycles. The number of amides is 2. The van der Waals surface area contributed by atoms with Gasteiger partial charge < -0.3 is 20.0 Å². The monoisotopic (exact) mass is 286 g/mol. The summed E-state index contributed by atoms with van der Waals surface area (Å²) < 4.78 is 0. The molecule has 2 aliphatic heterocycles. The Morgan fingerprint density at radius 2 is 1.05 bits per heavy atom. The van der Waals surface area contributed by atoms with Crippen molar-refractivity contribution < 1.29 is 15.0 Å². The molecule has 0 radical (unpaired) electrons. The normalized spacial score (nSPS) is 22.3. The van der Waals surface area contributed by atoms with Gasteiger partial charge in [-0.1, -0.05) is 0 Å². The van der Waals surface area contributed by atoms with Crippen molar-refractivity contribution in [1.29, 1.82) is 0 Å². The molecule has 2 N–H and O–H groups in total. The van der Waals surface area contributed by atoms with Crippen molar-refractivity contribution in [2.45, 2.75) is 0 Å². The lowest BCUT2D eigenvalue weighted by Crippen LogP contribution is -2.57. The van der Waals surface area contributed by atoms with E-state index in [1.807, 2.05) is 9.80 Å². The zero-order valence-corrected chi connectivity index (χ0v) is 12.1. The molecule has 20 heavy (non-hydrogen) atoms. The topological polar surface area (TPSA) is 70.5 Å². The molecule has 0 unspecified atom stereocenters. The van der Waals surface area contributed by atoms with Gasteiger partial charge in [0.15, 0.2) is 0 Å². The van der Waals surface area contributed by atoms with Gasteiger partial charge in [-0.2, -0.15) is 0 Å². The van der Waals surface area contributed by atoms with E-state index in [9.17, 15) is 4.79 Å². The van der Waals surface area contributed by atoms with Crippen LogP contribution in [0.2, 0.25) is 0 Å². The second-order valence-electron chi connectivity index (χ2n) is 5.39. The maximum absolute atomic E-state index is 12.4. The van der Waals surface area contributed by atoms with Crippen molar-refractivity contribution in [2.24, 2.45) is 0 Å². The molecule has 0 aliphatic carbocycles. The molecular formula is C13H26N4O3. The van der Waals surface area contributed by atoms with Gasteiger partial charge in [0.1, 0.15) is 0 Å². The van der Waals surface area contributed by atoms with Gasteiger partial charge in [-0.3, -0.25) is 9.80 Å². The summed E-state index contributed by atoms with van der Waals surface area (Å²) in [4.78, 5) is 20.6. The van der Waals surface area contributed by atoms with E-state index in [4.69, 9.17) is 10.2 Å². The van der Waals surface area contributed by atoms with Crippen molar-refractivity contribution in [3.63, 3.8) is 0 Å². The lowest BCUT2D eigenvalue weighted by molar-refractivity contribution is 0.0807. The SMILES string of the molecule is O=C(N1CCN(CCO)CC1)N1CCN(CCO)CC1. The molecule has 0 aromatic rings. The number of aliphatic hydroxyl groups excluding tert-OH is 2. The van der Waals surface area contributed by atoms with Gasteiger partial charge >= 0.3 is 6.03 Å². The van der Waals surface area contributed by atoms with Crippen molar-refractivity contribution >= 4 is 6.03 Å². The second kappa shape index (κ2) is 7.78. The van der Waals surface area contributed by atoms with Gasteiger partial charge in [-0.25, -0.2) is 4.79 Å². The van der Waals surface area contributed by atoms with E-state index in [0.29, 0.717) is 13.1 Å². The maximum Gasteiger partial charge on any atom is 0.320 e. The number of rotatable bonds is 4. The number of nitrogens with zero attached hydrogens (tertiary/aromatic N) is 4. The van der Waals surface area contributed by atoms with Gasteiger partial charge in [0.25, 0.3) is 0 Å². The molecule has 7 heteroatoms. The molecule has 0 aromatic heterocycles. The fourth-order valence-electron chi connectivity index (χ4n) is 2.81. The molecule has 2 fully saturated rings. The Kier molecular flexibility index (Phi) is 6.03. The Labute approximate surface area is 120 Å². The fourth-order valence-corrected chi connectivity index (χ4v) is 2.81. The van der Waals surface area contributed by atoms with E-state index >= 15 is 0 Å². The van der Waals surface area contributed by atoms with Crippen LogP contribution in [0.1, 0.15) is 0 Å². The first-order valence-electron chi connectivity index (χ1n) is 7.45. The van der Waals surface area contributed by atoms with Crippen LogP contribution in [0.5, 0.6) is 0 Å². The molecule has 7 nitrogen and oxygen atoms in total. The van der Waals surface area contributed by atoms with E-state index in [1.165, 1.54) is 0 Å². The molecular weight excluding hydrogens is 260 g/mol. The van der Waals surface area contributed by atoms with Crippen LogP contribution in [-0.2, 0) is 0 Å². The predicted octanol–water partition coefficient (Wildman–Crippen LogP) is -1.67. The minimum Gasteiger partial charge on any atom is -0.395 e. The molecule has 116 valence electrons. The van der Waals surface area contributed by atoms with E-state index in [1.54, 1.807) is 0 Å². The summed E-state index contributed by atoms with van der Waals surface area (Å²) in [6.07, 6.45) is 0. The summed E-state index contributed by atoms with van der Waals surface area (Å²) in [5.74, 6) is 0. The molecule has 2 aliphatic rings. The summed E-state index contributed by atoms with van der Waals surface area (Å²) in [5.41, 5.74) is 0. The first-order chi connectivity index (χ1) is 9.74. The molecule has 0 atom stereocenters. The molecule has 2 amide bonds. The Morgan fingerprint density at radius 1 is 0.700 bits per heavy atom. The Balaban J connectivity index is 1.73. The van der Waals surface area contributed by atoms with Crippen LogP contribution < -0.4 is 0 Å². The zero-order chi connectivity index (χ0) is 14.4. The lowest BCUT2D eigenvalue weighted by atomic mass is 10.3. The first kappa shape index (κ1) is 15.5. The number of carbonyl (C=O) groups excluding carboxylic acids is 1. The summed E-state index contributed by atoms with van der Waals surface area (Å²) in [5, 5.41) is 17.8. The minimum absolute atomic E-state index is 0.136. The molecule has 0 bridgehead atoms. The number of piperazine rings is 2. The summed E-state index contributed by atoms with van der Waals surface area (Å²) in [6, 6.07) is 0.136. The number of urea groups is 1. The van der Waals surface area contributed by atoms with Gasteiger partial charge in [0.05, 0.1) is 13.2 Å². The van der Waals surface area contributed by atoms with Crippen LogP contribution in [-0.4, -0.2) is 115 Å². The average Bonchev–Trinajstić information content (AvgIpc) is 2.49. The van der Waals surface area contributed by atoms with E-state index in [0.717, 1.165) is 52.4 Å². The Hall–Kier alpha value is -0.890. The largest absolute Gasteiger partial charge is 0.395 e. The number of carbonyl (C=O) groups is 1. The van der Waals surface area contributed by atoms with Gasteiger partial charge in [-0.05, 0) is 0 Å². The van der Waals surface area contributed by atoms with Crippen LogP contribution >= 0.6 is 0 Å². The highest BCUT2D eigenvalue weighted by molar-refractivity contribution is 5.74. The van der Waals surface area contributed by atoms with Gasteiger partial charge in [0.2, 0.25) is 0 Å². The van der Waals surface area contributed by atoms with Gasteiger partial charge in [-0.15, -0.1) is 0 Å². The number of hydrogen-bond acceptors (Lipinski definition) is 5. The zero-order valence-electron chi connectivity index (χ0n) is 12.1. The average molecular weight is 286 g/mol. The Bertz CT molecular complexity index is 272. The van der Waals surface area contributed by atoms with E-state index in [2.05, 4.69) is 9.80 Å². The number of aliphatic hydroxyl groups is 2. The molecule has 2 saturated heterocycles. The van der Waals surface area contributed by atoms with Crippen LogP contribution in [0.15, 0.2) is 0 Å². The minimum atomic E-state index is 0.136. The first-order valence-corrected chi connectivity index (χ1v) is 7.45. The predicted molar refractivity (Wildman–Crippen MR) is 75.6 cm³/mol. The fraction of sp³-hybridized carbons (Fsp3) is 0.923. The second-order valence-corrected chi connectivity index (χ2v) is 5.39. The highest BCUT2D eigenvalue weighted by Gasteiger charge is 2.27. The van der Waals surface area contributed by atoms with Crippen LogP contribution in [0.4, 0.5) is 4.79 Å². The third kappa shape index (κ3) is 4.05. The quantitative estimate of drug-likeness (QED) is 0.646. The Morgan fingerprint density at radius 3 is 1.35 bits per heavy atom. The van der Waals surface area contributed by atoms with E-state index < -0.39 is 0 Å². The summed E-state index contributed by atoms with van der Waals surface area (Å²) in [7, 11) is 0. The number of hydrogen-bond donors (Lipinski definition) is 2. The lowest BCUT2D eigenvalue weighted by Gasteiger charge is -2.40. The number of β-amino-alcohol motifs (C(OH)–C–C–N with tert-alkyl or cyclic N) is 2. The third-order valence-electron chi connectivity index (χ3n) is 4.12. The summed E-state index contributed by atoms with van der Waals surface area (Å²) in [6.45, 7) is 8.11. The maximum atomic E-state index is 12.4. The summed E-state index contributed by atoms with van der Waals surface area (Å²) >= 11 is 0. The van der Waals surface area contributed by atoms with Crippen LogP contribution in [0.3, 0.4) is 0 Å². The van der Waals surface area contributed by atoms with Crippen molar-refractivity contribution in [3.05, 3.63) is 0 Å². The van der Waals surface area contributed by atoms with Gasteiger partial charge in [0, 0.05) is 65.4 Å². The highest BCUT2D eigenvalue weighted by Crippen LogP contribution is 2.08. The molecule has 2 heterocycles. The molecule has 0 saturated carbocycles. The third-order valence-corrected chi connectivity index (χ3v) is 4.12. The van der Waals surface area contributed by atoms with Crippen molar-refractivity contribution in [3.8, 4) is 0 Å². The molecule has 0 spiro atoms. The smallest absolute Gasteiger partial charge is 0.320 e. The van der Waals surface area contributed by atoms with Crippen LogP contribution in [0.25, 0.3) is 0 Å². The van der Waals surface area contributed by atoms with Crippen molar-refractivity contribution in [2.75, 3.05) is 78.7 Å². The highest BCUT2D eigenvalue weighted by atomic mass is 16.3. The van der Waals surface area contributed by atoms with Crippen molar-refractivity contribution in [1.82, 2.24) is 19.6 Å². The standard InChI is InChI=1S/C13H26N4O3/c18-11-9-14-1-5-16(6-2-14)13(20)17-7-3-15(4-8-17)10-12-19/h18-19H,1-12H2. The van der Waals surface area contributed by atoms with E-state index in [-0.39, 0.29) is 19.2 Å². The van der Waals surface area contributed by atoms with Crippen LogP contribution in [0, 0.1) is 0 Å².